The number of rotatable bonds is 2. The summed E-state index contributed by atoms with van der Waals surface area (Å²) in [7, 11) is 0. The van der Waals surface area contributed by atoms with Crippen LogP contribution in [0.25, 0.3) is 0 Å². The average Bonchev–Trinajstić information content (AvgIpc) is 2.97. The van der Waals surface area contributed by atoms with Crippen molar-refractivity contribution in [1.82, 2.24) is 0 Å². The van der Waals surface area contributed by atoms with Crippen LogP contribution in [0.2, 0.25) is 0 Å². The Bertz CT molecular complexity index is 543. The predicted molar refractivity (Wildman–Crippen MR) is 80.9 cm³/mol. The van der Waals surface area contributed by atoms with Gasteiger partial charge in [0, 0.05) is 12.8 Å². The molecular weight excluding hydrogens is 262 g/mol. The summed E-state index contributed by atoms with van der Waals surface area (Å²) in [6, 6.07) is 11.0. The highest BCUT2D eigenvalue weighted by molar-refractivity contribution is 5.41. The maximum absolute atomic E-state index is 9.90. The molecule has 0 N–H and O–H groups in total. The molecule has 3 rings (SSSR count). The zero-order valence-corrected chi connectivity index (χ0v) is 12.9. The lowest BCUT2D eigenvalue weighted by molar-refractivity contribution is -0.182. The number of ether oxygens (including phenoxy) is 2. The van der Waals surface area contributed by atoms with Crippen molar-refractivity contribution in [2.75, 3.05) is 13.2 Å². The van der Waals surface area contributed by atoms with Gasteiger partial charge in [0.1, 0.15) is 0 Å². The molecule has 0 atom stereocenters. The lowest BCUT2D eigenvalue weighted by Crippen LogP contribution is -2.42. The largest absolute Gasteiger partial charge is 0.348 e. The minimum atomic E-state index is -0.410. The first kappa shape index (κ1) is 14.6. The van der Waals surface area contributed by atoms with E-state index in [0.717, 1.165) is 25.7 Å². The van der Waals surface area contributed by atoms with E-state index in [2.05, 4.69) is 38.1 Å². The highest BCUT2D eigenvalue weighted by Gasteiger charge is 2.47. The van der Waals surface area contributed by atoms with Crippen LogP contribution in [0.15, 0.2) is 24.3 Å². The molecule has 21 heavy (non-hydrogen) atoms. The number of nitriles is 1. The van der Waals surface area contributed by atoms with Gasteiger partial charge in [-0.3, -0.25) is 0 Å². The number of benzene rings is 1. The van der Waals surface area contributed by atoms with Crippen molar-refractivity contribution in [3.8, 4) is 6.07 Å². The van der Waals surface area contributed by atoms with Gasteiger partial charge in [-0.25, -0.2) is 0 Å². The normalized spacial score (nSPS) is 23.3. The van der Waals surface area contributed by atoms with Crippen molar-refractivity contribution >= 4 is 0 Å². The first-order valence-electron chi connectivity index (χ1n) is 7.89. The second-order valence-electron chi connectivity index (χ2n) is 6.54. The average molecular weight is 285 g/mol. The Kier molecular flexibility index (Phi) is 3.77. The molecule has 0 radical (unpaired) electrons. The van der Waals surface area contributed by atoms with Crippen LogP contribution in [-0.2, 0) is 14.9 Å². The minimum Gasteiger partial charge on any atom is -0.348 e. The molecular formula is C18H23NO2. The van der Waals surface area contributed by atoms with Crippen molar-refractivity contribution in [3.63, 3.8) is 0 Å². The molecule has 1 saturated heterocycles. The fourth-order valence-corrected chi connectivity index (χ4v) is 3.72. The summed E-state index contributed by atoms with van der Waals surface area (Å²) in [5.74, 6) is 0.0222. The summed E-state index contributed by atoms with van der Waals surface area (Å²) in [5, 5.41) is 9.90. The molecule has 1 aromatic rings. The third kappa shape index (κ3) is 2.47. The van der Waals surface area contributed by atoms with Gasteiger partial charge >= 0.3 is 0 Å². The maximum Gasteiger partial charge on any atom is 0.168 e. The minimum absolute atomic E-state index is 0.387. The van der Waals surface area contributed by atoms with E-state index in [-0.39, 0.29) is 5.41 Å². The van der Waals surface area contributed by atoms with Gasteiger partial charge in [0.2, 0.25) is 0 Å². The van der Waals surface area contributed by atoms with Crippen LogP contribution < -0.4 is 0 Å². The molecule has 2 fully saturated rings. The number of hydrogen-bond acceptors (Lipinski definition) is 3. The molecule has 2 aliphatic rings. The third-order valence-corrected chi connectivity index (χ3v) is 4.99. The predicted octanol–water partition coefficient (Wildman–Crippen LogP) is 3.89. The summed E-state index contributed by atoms with van der Waals surface area (Å²) in [6.45, 7) is 5.75. The van der Waals surface area contributed by atoms with Gasteiger partial charge in [-0.1, -0.05) is 38.1 Å². The van der Waals surface area contributed by atoms with Crippen LogP contribution in [-0.4, -0.2) is 19.0 Å². The van der Waals surface area contributed by atoms with E-state index in [1.165, 1.54) is 11.1 Å². The first-order chi connectivity index (χ1) is 10.1. The van der Waals surface area contributed by atoms with E-state index in [0.29, 0.717) is 19.1 Å². The van der Waals surface area contributed by atoms with Crippen molar-refractivity contribution in [2.24, 2.45) is 0 Å². The Morgan fingerprint density at radius 1 is 1.05 bits per heavy atom. The van der Waals surface area contributed by atoms with Crippen LogP contribution >= 0.6 is 0 Å². The monoisotopic (exact) mass is 285 g/mol. The van der Waals surface area contributed by atoms with E-state index in [4.69, 9.17) is 9.47 Å². The molecule has 0 aromatic heterocycles. The van der Waals surface area contributed by atoms with Gasteiger partial charge in [0.25, 0.3) is 0 Å². The molecule has 112 valence electrons. The molecule has 1 aliphatic carbocycles. The van der Waals surface area contributed by atoms with Gasteiger partial charge in [-0.05, 0) is 29.9 Å². The summed E-state index contributed by atoms with van der Waals surface area (Å²) in [6.07, 6.45) is 3.25. The Labute approximate surface area is 126 Å². The Balaban J connectivity index is 1.91. The number of hydrogen-bond donors (Lipinski definition) is 0. The van der Waals surface area contributed by atoms with Crippen molar-refractivity contribution in [2.45, 2.75) is 56.7 Å². The summed E-state index contributed by atoms with van der Waals surface area (Å²) in [4.78, 5) is 0. The molecule has 1 aliphatic heterocycles. The molecule has 3 heteroatoms. The van der Waals surface area contributed by atoms with E-state index >= 15 is 0 Å². The number of nitrogens with zero attached hydrogens (tertiary/aromatic N) is 1. The topological polar surface area (TPSA) is 42.2 Å². The molecule has 1 saturated carbocycles. The Morgan fingerprint density at radius 3 is 2.24 bits per heavy atom. The van der Waals surface area contributed by atoms with Gasteiger partial charge in [-0.2, -0.15) is 5.26 Å². The van der Waals surface area contributed by atoms with Gasteiger partial charge in [0.15, 0.2) is 5.79 Å². The van der Waals surface area contributed by atoms with E-state index in [1.807, 2.05) is 6.07 Å². The Morgan fingerprint density at radius 2 is 1.67 bits per heavy atom. The molecule has 0 unspecified atom stereocenters. The smallest absolute Gasteiger partial charge is 0.168 e. The van der Waals surface area contributed by atoms with Gasteiger partial charge < -0.3 is 9.47 Å². The van der Waals surface area contributed by atoms with Crippen molar-refractivity contribution in [1.29, 1.82) is 5.26 Å². The second kappa shape index (κ2) is 5.44. The summed E-state index contributed by atoms with van der Waals surface area (Å²) >= 11 is 0. The van der Waals surface area contributed by atoms with Crippen molar-refractivity contribution < 1.29 is 9.47 Å². The quantitative estimate of drug-likeness (QED) is 0.828. The maximum atomic E-state index is 9.90. The fourth-order valence-electron chi connectivity index (χ4n) is 3.72. The Hall–Kier alpha value is -1.37. The lowest BCUT2D eigenvalue weighted by Gasteiger charge is -2.41. The summed E-state index contributed by atoms with van der Waals surface area (Å²) in [5.41, 5.74) is 2.11. The lowest BCUT2D eigenvalue weighted by atomic mass is 9.66. The molecule has 1 heterocycles. The zero-order chi connectivity index (χ0) is 14.9. The molecule has 3 nitrogen and oxygen atoms in total. The second-order valence-corrected chi connectivity index (χ2v) is 6.54. The summed E-state index contributed by atoms with van der Waals surface area (Å²) < 4.78 is 11.6. The third-order valence-electron chi connectivity index (χ3n) is 4.99. The molecule has 0 amide bonds. The fraction of sp³-hybridized carbons (Fsp3) is 0.611. The van der Waals surface area contributed by atoms with Crippen LogP contribution in [0.1, 0.15) is 56.6 Å². The van der Waals surface area contributed by atoms with Crippen LogP contribution in [0.3, 0.4) is 0 Å². The standard InChI is InChI=1S/C18H23NO2/c1-14(2)15-5-3-4-6-16(15)17(13-19)7-9-18(10-8-17)20-11-12-21-18/h3-6,14H,7-12H2,1-2H3. The molecule has 0 bridgehead atoms. The van der Waals surface area contributed by atoms with Crippen LogP contribution in [0.5, 0.6) is 0 Å². The SMILES string of the molecule is CC(C)c1ccccc1C1(C#N)CCC2(CC1)OCCO2. The highest BCUT2D eigenvalue weighted by atomic mass is 16.7. The van der Waals surface area contributed by atoms with Crippen LogP contribution in [0, 0.1) is 11.3 Å². The molecule has 1 aromatic carbocycles. The first-order valence-corrected chi connectivity index (χ1v) is 7.89. The van der Waals surface area contributed by atoms with E-state index in [9.17, 15) is 5.26 Å². The molecule has 1 spiro atoms. The van der Waals surface area contributed by atoms with E-state index in [1.54, 1.807) is 0 Å². The highest BCUT2D eigenvalue weighted by Crippen LogP contribution is 2.47. The van der Waals surface area contributed by atoms with Gasteiger partial charge in [-0.15, -0.1) is 0 Å². The van der Waals surface area contributed by atoms with Crippen LogP contribution in [0.4, 0.5) is 0 Å². The van der Waals surface area contributed by atoms with E-state index < -0.39 is 5.79 Å². The van der Waals surface area contributed by atoms with Gasteiger partial charge in [0.05, 0.1) is 24.7 Å². The zero-order valence-electron chi connectivity index (χ0n) is 12.9. The van der Waals surface area contributed by atoms with Crippen molar-refractivity contribution in [3.05, 3.63) is 35.4 Å².